The van der Waals surface area contributed by atoms with E-state index in [9.17, 15) is 14.9 Å². The zero-order valence-electron chi connectivity index (χ0n) is 15.6. The van der Waals surface area contributed by atoms with E-state index in [1.807, 2.05) is 20.8 Å². The van der Waals surface area contributed by atoms with Gasteiger partial charge < -0.3 is 15.0 Å². The Bertz CT molecular complexity index is 856. The van der Waals surface area contributed by atoms with Gasteiger partial charge in [0.1, 0.15) is 11.4 Å². The van der Waals surface area contributed by atoms with Crippen molar-refractivity contribution in [2.24, 2.45) is 0 Å². The lowest BCUT2D eigenvalue weighted by atomic mass is 10.1. The van der Waals surface area contributed by atoms with Gasteiger partial charge in [0.15, 0.2) is 0 Å². The average Bonchev–Trinajstić information content (AvgIpc) is 2.60. The summed E-state index contributed by atoms with van der Waals surface area (Å²) < 4.78 is 5.40. The monoisotopic (exact) mass is 373 g/mol. The predicted molar refractivity (Wildman–Crippen MR) is 101 cm³/mol. The highest BCUT2D eigenvalue weighted by molar-refractivity contribution is 5.78. The molecule has 1 fully saturated rings. The number of hydrogen-bond donors (Lipinski definition) is 1. The van der Waals surface area contributed by atoms with Crippen molar-refractivity contribution in [3.63, 3.8) is 0 Å². The molecule has 0 radical (unpaired) electrons. The number of nitro benzene ring substituents is 1. The van der Waals surface area contributed by atoms with E-state index in [-0.39, 0.29) is 17.8 Å². The number of amides is 1. The minimum absolute atomic E-state index is 0.00739. The highest BCUT2D eigenvalue weighted by atomic mass is 16.6. The fraction of sp³-hybridized carbons (Fsp3) is 0.500. The molecule has 1 aliphatic heterocycles. The molecule has 0 unspecified atom stereocenters. The number of likely N-dealkylation sites (tertiary alicyclic amines) is 1. The summed E-state index contributed by atoms with van der Waals surface area (Å²) >= 11 is 0. The van der Waals surface area contributed by atoms with Crippen molar-refractivity contribution in [1.29, 1.82) is 0 Å². The third kappa shape index (κ3) is 4.81. The van der Waals surface area contributed by atoms with Crippen molar-refractivity contribution in [2.75, 3.05) is 18.4 Å². The summed E-state index contributed by atoms with van der Waals surface area (Å²) in [7, 11) is 0. The maximum absolute atomic E-state index is 12.1. The topological polar surface area (TPSA) is 110 Å². The number of nitro groups is 1. The molecule has 1 aromatic carbocycles. The number of carbonyl (C=O) groups excluding carboxylic acids is 1. The molecule has 3 rings (SSSR count). The minimum Gasteiger partial charge on any atom is -0.444 e. The van der Waals surface area contributed by atoms with E-state index in [2.05, 4.69) is 15.3 Å². The second-order valence-corrected chi connectivity index (χ2v) is 7.57. The number of ether oxygens (including phenoxy) is 1. The molecule has 1 aromatic heterocycles. The SMILES string of the molecule is CC(C)(C)OC(=O)N1CCC(Nc2cnc3cc([N+](=O)[O-])ccc3n2)CC1. The zero-order valence-corrected chi connectivity index (χ0v) is 15.6. The molecule has 1 saturated heterocycles. The largest absolute Gasteiger partial charge is 0.444 e. The normalized spacial score (nSPS) is 15.6. The molecule has 0 atom stereocenters. The predicted octanol–water partition coefficient (Wildman–Crippen LogP) is 3.35. The molecule has 1 amide bonds. The van der Waals surface area contributed by atoms with E-state index >= 15 is 0 Å². The van der Waals surface area contributed by atoms with Gasteiger partial charge in [0.05, 0.1) is 22.2 Å². The molecule has 9 nitrogen and oxygen atoms in total. The lowest BCUT2D eigenvalue weighted by molar-refractivity contribution is -0.384. The summed E-state index contributed by atoms with van der Waals surface area (Å²) in [6.07, 6.45) is 2.85. The van der Waals surface area contributed by atoms with Gasteiger partial charge >= 0.3 is 6.09 Å². The van der Waals surface area contributed by atoms with Crippen molar-refractivity contribution >= 4 is 28.6 Å². The van der Waals surface area contributed by atoms with E-state index < -0.39 is 10.5 Å². The van der Waals surface area contributed by atoms with Crippen LogP contribution in [0.3, 0.4) is 0 Å². The number of non-ortho nitro benzene ring substituents is 1. The standard InChI is InChI=1S/C18H23N5O4/c1-18(2,3)27-17(24)22-8-6-12(7-9-22)20-16-11-19-15-10-13(23(25)26)4-5-14(15)21-16/h4-5,10-12H,6-9H2,1-3H3,(H,20,21). The highest BCUT2D eigenvalue weighted by Gasteiger charge is 2.27. The van der Waals surface area contributed by atoms with E-state index in [0.29, 0.717) is 29.9 Å². The smallest absolute Gasteiger partial charge is 0.410 e. The van der Waals surface area contributed by atoms with E-state index in [1.54, 1.807) is 17.2 Å². The van der Waals surface area contributed by atoms with Crippen LogP contribution in [-0.4, -0.2) is 50.6 Å². The lowest BCUT2D eigenvalue weighted by Gasteiger charge is -2.33. The Morgan fingerprint density at radius 3 is 2.63 bits per heavy atom. The number of hydrogen-bond acceptors (Lipinski definition) is 7. The Morgan fingerprint density at radius 2 is 2.00 bits per heavy atom. The molecule has 27 heavy (non-hydrogen) atoms. The summed E-state index contributed by atoms with van der Waals surface area (Å²) in [5.41, 5.74) is 0.570. The number of rotatable bonds is 3. The van der Waals surface area contributed by atoms with Crippen LogP contribution in [0.1, 0.15) is 33.6 Å². The van der Waals surface area contributed by atoms with Crippen LogP contribution in [-0.2, 0) is 4.74 Å². The Morgan fingerprint density at radius 1 is 1.30 bits per heavy atom. The molecule has 0 spiro atoms. The molecule has 2 aromatic rings. The third-order valence-electron chi connectivity index (χ3n) is 4.24. The summed E-state index contributed by atoms with van der Waals surface area (Å²) in [6, 6.07) is 4.59. The van der Waals surface area contributed by atoms with Crippen LogP contribution >= 0.6 is 0 Å². The maximum atomic E-state index is 12.1. The Hall–Kier alpha value is -2.97. The number of piperidine rings is 1. The van der Waals surface area contributed by atoms with Crippen LogP contribution in [0.25, 0.3) is 11.0 Å². The molecule has 2 heterocycles. The van der Waals surface area contributed by atoms with Crippen molar-refractivity contribution in [3.05, 3.63) is 34.5 Å². The molecule has 144 valence electrons. The molecule has 1 aliphatic rings. The first-order valence-corrected chi connectivity index (χ1v) is 8.87. The molecule has 9 heteroatoms. The first-order valence-electron chi connectivity index (χ1n) is 8.87. The maximum Gasteiger partial charge on any atom is 0.410 e. The molecule has 0 bridgehead atoms. The summed E-state index contributed by atoms with van der Waals surface area (Å²) in [5.74, 6) is 0.618. The molecular formula is C18H23N5O4. The Balaban J connectivity index is 1.59. The van der Waals surface area contributed by atoms with Crippen LogP contribution in [0, 0.1) is 10.1 Å². The van der Waals surface area contributed by atoms with Crippen molar-refractivity contribution in [2.45, 2.75) is 45.3 Å². The number of fused-ring (bicyclic) bond motifs is 1. The van der Waals surface area contributed by atoms with Crippen molar-refractivity contribution in [1.82, 2.24) is 14.9 Å². The van der Waals surface area contributed by atoms with Crippen LogP contribution < -0.4 is 5.32 Å². The number of benzene rings is 1. The first-order chi connectivity index (χ1) is 12.7. The van der Waals surface area contributed by atoms with Gasteiger partial charge in [0, 0.05) is 31.3 Å². The number of nitrogens with zero attached hydrogens (tertiary/aromatic N) is 4. The second-order valence-electron chi connectivity index (χ2n) is 7.57. The molecular weight excluding hydrogens is 350 g/mol. The van der Waals surface area contributed by atoms with Gasteiger partial charge in [-0.15, -0.1) is 0 Å². The average molecular weight is 373 g/mol. The highest BCUT2D eigenvalue weighted by Crippen LogP contribution is 2.21. The molecule has 0 aliphatic carbocycles. The van der Waals surface area contributed by atoms with Gasteiger partial charge in [-0.1, -0.05) is 0 Å². The van der Waals surface area contributed by atoms with Crippen molar-refractivity contribution in [3.8, 4) is 0 Å². The molecule has 0 saturated carbocycles. The van der Waals surface area contributed by atoms with E-state index in [0.717, 1.165) is 12.8 Å². The number of nitrogens with one attached hydrogen (secondary N) is 1. The minimum atomic E-state index is -0.498. The van der Waals surface area contributed by atoms with Crippen LogP contribution in [0.2, 0.25) is 0 Å². The number of carbonyl (C=O) groups is 1. The van der Waals surface area contributed by atoms with Gasteiger partial charge in [-0.3, -0.25) is 15.1 Å². The number of aromatic nitrogens is 2. The van der Waals surface area contributed by atoms with Gasteiger partial charge in [0.2, 0.25) is 0 Å². The van der Waals surface area contributed by atoms with Gasteiger partial charge in [-0.25, -0.2) is 9.78 Å². The fourth-order valence-electron chi connectivity index (χ4n) is 2.92. The van der Waals surface area contributed by atoms with Crippen LogP contribution in [0.15, 0.2) is 24.4 Å². The Labute approximate surface area is 156 Å². The van der Waals surface area contributed by atoms with E-state index in [4.69, 9.17) is 4.74 Å². The lowest BCUT2D eigenvalue weighted by Crippen LogP contribution is -2.44. The van der Waals surface area contributed by atoms with Crippen LogP contribution in [0.4, 0.5) is 16.3 Å². The van der Waals surface area contributed by atoms with Gasteiger partial charge in [0.25, 0.3) is 5.69 Å². The van der Waals surface area contributed by atoms with Crippen molar-refractivity contribution < 1.29 is 14.5 Å². The Kier molecular flexibility index (Phi) is 5.11. The summed E-state index contributed by atoms with van der Waals surface area (Å²) in [5, 5.41) is 14.2. The quantitative estimate of drug-likeness (QED) is 0.649. The van der Waals surface area contributed by atoms with E-state index in [1.165, 1.54) is 12.1 Å². The third-order valence-corrected chi connectivity index (χ3v) is 4.24. The summed E-state index contributed by atoms with van der Waals surface area (Å²) in [6.45, 7) is 6.78. The second kappa shape index (κ2) is 7.34. The van der Waals surface area contributed by atoms with Gasteiger partial charge in [-0.2, -0.15) is 0 Å². The van der Waals surface area contributed by atoms with Crippen LogP contribution in [0.5, 0.6) is 0 Å². The fourth-order valence-corrected chi connectivity index (χ4v) is 2.92. The molecule has 1 N–H and O–H groups in total. The summed E-state index contributed by atoms with van der Waals surface area (Å²) in [4.78, 5) is 32.9. The van der Waals surface area contributed by atoms with Gasteiger partial charge in [-0.05, 0) is 39.7 Å². The zero-order chi connectivity index (χ0) is 19.6. The first kappa shape index (κ1) is 18.8. The number of anilines is 1.